The second kappa shape index (κ2) is 59.0. The lowest BCUT2D eigenvalue weighted by Gasteiger charge is -2.37. The van der Waals surface area contributed by atoms with Crippen molar-refractivity contribution in [3.8, 4) is 0 Å². The van der Waals surface area contributed by atoms with E-state index >= 15 is 0 Å². The van der Waals surface area contributed by atoms with Gasteiger partial charge in [0, 0.05) is 85.1 Å². The van der Waals surface area contributed by atoms with Gasteiger partial charge in [-0.2, -0.15) is 0 Å². The zero-order chi connectivity index (χ0) is 58.2. The summed E-state index contributed by atoms with van der Waals surface area (Å²) in [5.74, 6) is 0. The van der Waals surface area contributed by atoms with E-state index in [1.54, 1.807) is 0 Å². The van der Waals surface area contributed by atoms with Crippen LogP contribution in [0.1, 0.15) is 324 Å². The zero-order valence-electron chi connectivity index (χ0n) is 54.8. The summed E-state index contributed by atoms with van der Waals surface area (Å²) >= 11 is 0. The number of nitrogens with zero attached hydrogens (tertiary/aromatic N) is 5. The van der Waals surface area contributed by atoms with Crippen LogP contribution in [0.3, 0.4) is 0 Å². The molecule has 1 heterocycles. The van der Waals surface area contributed by atoms with E-state index in [1.165, 1.54) is 244 Å². The van der Waals surface area contributed by atoms with Crippen LogP contribution < -0.4 is 0 Å². The number of aliphatic hydroxyl groups is 5. The SMILES string of the molecule is CCCCCCCCCCC(O)CN(CCN1CCN(CCN(CCCCCCCCCCC(C)O)CCCCCCCCCCC(C)O)CC1)CCN(CC(O)CCCCCCCCCC)CC(O)CCCCCCCCCC. The van der Waals surface area contributed by atoms with Gasteiger partial charge in [0.25, 0.3) is 0 Å². The smallest absolute Gasteiger partial charge is 0.0667 e. The first-order valence-electron chi connectivity index (χ1n) is 36.1. The quantitative estimate of drug-likeness (QED) is 0.0377. The summed E-state index contributed by atoms with van der Waals surface area (Å²) in [7, 11) is 0. The van der Waals surface area contributed by atoms with E-state index in [0.717, 1.165) is 123 Å². The summed E-state index contributed by atoms with van der Waals surface area (Å²) in [6, 6.07) is 0. The van der Waals surface area contributed by atoms with Gasteiger partial charge in [0.15, 0.2) is 0 Å². The van der Waals surface area contributed by atoms with Gasteiger partial charge in [0.05, 0.1) is 30.5 Å². The maximum atomic E-state index is 11.5. The minimum Gasteiger partial charge on any atom is -0.393 e. The first-order valence-corrected chi connectivity index (χ1v) is 36.1. The number of rotatable bonds is 64. The molecule has 0 saturated carbocycles. The van der Waals surface area contributed by atoms with Gasteiger partial charge >= 0.3 is 0 Å². The molecule has 0 aromatic carbocycles. The van der Waals surface area contributed by atoms with Crippen molar-refractivity contribution >= 4 is 0 Å². The van der Waals surface area contributed by atoms with Gasteiger partial charge in [-0.15, -0.1) is 0 Å². The highest BCUT2D eigenvalue weighted by Crippen LogP contribution is 2.18. The molecule has 0 aliphatic carbocycles. The standard InChI is InChI=1S/C70H145N5O5/c1-6-9-12-15-18-27-34-41-48-68(78)63-74(61-62-75(64-69(79)49-42-35-28-19-16-13-10-7-2)65-70(80)50-43-36-29-20-17-14-11-8-3)60-59-73-57-55-72(56-58-73)54-53-71(51-44-37-30-23-21-25-32-39-46-66(4)76)52-45-38-31-24-22-26-33-40-47-67(5)77/h66-70,76-80H,6-65H2,1-5H3. The first kappa shape index (κ1) is 77.6. The molecule has 5 unspecified atom stereocenters. The average molecular weight is 1140 g/mol. The number of hydrogen-bond donors (Lipinski definition) is 5. The maximum absolute atomic E-state index is 11.5. The topological polar surface area (TPSA) is 117 Å². The molecule has 1 aliphatic heterocycles. The number of unbranched alkanes of at least 4 members (excludes halogenated alkanes) is 35. The normalized spacial score (nSPS) is 15.7. The third-order valence-electron chi connectivity index (χ3n) is 17.9. The molecule has 1 aliphatic rings. The van der Waals surface area contributed by atoms with Crippen LogP contribution >= 0.6 is 0 Å². The molecule has 0 amide bonds. The molecule has 0 aromatic rings. The van der Waals surface area contributed by atoms with E-state index in [2.05, 4.69) is 45.3 Å². The Labute approximate surface area is 500 Å². The molecule has 0 spiro atoms. The summed E-state index contributed by atoms with van der Waals surface area (Å²) in [4.78, 5) is 13.1. The fourth-order valence-corrected chi connectivity index (χ4v) is 12.4. The molecule has 1 fully saturated rings. The van der Waals surface area contributed by atoms with Crippen molar-refractivity contribution in [2.24, 2.45) is 0 Å². The number of aliphatic hydroxyl groups excluding tert-OH is 5. The largest absolute Gasteiger partial charge is 0.393 e. The summed E-state index contributed by atoms with van der Waals surface area (Å²) in [5, 5.41) is 53.5. The molecule has 0 aromatic heterocycles. The van der Waals surface area contributed by atoms with Crippen LogP contribution in [0, 0.1) is 0 Å². The predicted molar refractivity (Wildman–Crippen MR) is 348 cm³/mol. The molecule has 1 rings (SSSR count). The number of piperazine rings is 1. The minimum atomic E-state index is -0.370. The van der Waals surface area contributed by atoms with E-state index in [4.69, 9.17) is 0 Å². The van der Waals surface area contributed by atoms with Crippen molar-refractivity contribution in [3.05, 3.63) is 0 Å². The van der Waals surface area contributed by atoms with Crippen molar-refractivity contribution in [3.63, 3.8) is 0 Å². The molecule has 5 N–H and O–H groups in total. The van der Waals surface area contributed by atoms with Crippen molar-refractivity contribution in [2.45, 2.75) is 354 Å². The molecular weight excluding hydrogens is 991 g/mol. The van der Waals surface area contributed by atoms with Crippen molar-refractivity contribution in [1.82, 2.24) is 24.5 Å². The summed E-state index contributed by atoms with van der Waals surface area (Å²) in [6.45, 7) is 25.5. The van der Waals surface area contributed by atoms with Crippen LogP contribution in [-0.2, 0) is 0 Å². The summed E-state index contributed by atoms with van der Waals surface area (Å²) < 4.78 is 0. The van der Waals surface area contributed by atoms with Gasteiger partial charge in [-0.05, 0) is 71.9 Å². The number of hydrogen-bond acceptors (Lipinski definition) is 10. The molecule has 0 radical (unpaired) electrons. The van der Waals surface area contributed by atoms with Crippen LogP contribution in [0.5, 0.6) is 0 Å². The van der Waals surface area contributed by atoms with E-state index < -0.39 is 0 Å². The lowest BCUT2D eigenvalue weighted by Crippen LogP contribution is -2.51. The molecular formula is C70H145N5O5. The van der Waals surface area contributed by atoms with Gasteiger partial charge < -0.3 is 30.4 Å². The molecule has 5 atom stereocenters. The highest BCUT2D eigenvalue weighted by molar-refractivity contribution is 4.78. The molecule has 80 heavy (non-hydrogen) atoms. The second-order valence-corrected chi connectivity index (χ2v) is 26.3. The predicted octanol–water partition coefficient (Wildman–Crippen LogP) is 16.0. The first-order chi connectivity index (χ1) is 39.1. The summed E-state index contributed by atoms with van der Waals surface area (Å²) in [5.41, 5.74) is 0. The Morgan fingerprint density at radius 3 is 0.800 bits per heavy atom. The van der Waals surface area contributed by atoms with Crippen LogP contribution in [0.25, 0.3) is 0 Å². The van der Waals surface area contributed by atoms with E-state index in [1.807, 2.05) is 13.8 Å². The third kappa shape index (κ3) is 53.1. The molecule has 480 valence electrons. The third-order valence-corrected chi connectivity index (χ3v) is 17.9. The van der Waals surface area contributed by atoms with Gasteiger partial charge in [0.1, 0.15) is 0 Å². The van der Waals surface area contributed by atoms with E-state index in [-0.39, 0.29) is 30.5 Å². The van der Waals surface area contributed by atoms with Crippen LogP contribution in [0.15, 0.2) is 0 Å². The van der Waals surface area contributed by atoms with Gasteiger partial charge in [-0.1, -0.05) is 265 Å². The van der Waals surface area contributed by atoms with Crippen LogP contribution in [0.4, 0.5) is 0 Å². The highest BCUT2D eigenvalue weighted by atomic mass is 16.3. The Morgan fingerprint density at radius 2 is 0.500 bits per heavy atom. The molecule has 10 nitrogen and oxygen atoms in total. The average Bonchev–Trinajstić information content (AvgIpc) is 3.43. The van der Waals surface area contributed by atoms with Crippen LogP contribution in [0.2, 0.25) is 0 Å². The highest BCUT2D eigenvalue weighted by Gasteiger charge is 2.22. The lowest BCUT2D eigenvalue weighted by molar-refractivity contribution is 0.0445. The fourth-order valence-electron chi connectivity index (χ4n) is 12.4. The minimum absolute atomic E-state index is 0.155. The van der Waals surface area contributed by atoms with Gasteiger partial charge in [-0.3, -0.25) is 19.6 Å². The Balaban J connectivity index is 2.87. The Bertz CT molecular complexity index is 1150. The van der Waals surface area contributed by atoms with Gasteiger partial charge in [0.2, 0.25) is 0 Å². The second-order valence-electron chi connectivity index (χ2n) is 26.3. The van der Waals surface area contributed by atoms with Gasteiger partial charge in [-0.25, -0.2) is 0 Å². The monoisotopic (exact) mass is 1140 g/mol. The Morgan fingerprint density at radius 1 is 0.263 bits per heavy atom. The Hall–Kier alpha value is -0.400. The van der Waals surface area contributed by atoms with Crippen LogP contribution in [-0.4, -0.2) is 179 Å². The van der Waals surface area contributed by atoms with Crippen molar-refractivity contribution in [2.75, 3.05) is 98.2 Å². The fraction of sp³-hybridized carbons (Fsp3) is 1.00. The molecule has 0 bridgehead atoms. The summed E-state index contributed by atoms with van der Waals surface area (Å²) in [6.07, 6.45) is 54.5. The van der Waals surface area contributed by atoms with E-state index in [0.29, 0.717) is 19.6 Å². The van der Waals surface area contributed by atoms with Crippen molar-refractivity contribution < 1.29 is 25.5 Å². The zero-order valence-corrected chi connectivity index (χ0v) is 54.8. The molecule has 1 saturated heterocycles. The van der Waals surface area contributed by atoms with Crippen molar-refractivity contribution in [1.29, 1.82) is 0 Å². The molecule has 10 heteroatoms. The Kier molecular flexibility index (Phi) is 57.2. The van der Waals surface area contributed by atoms with E-state index in [9.17, 15) is 25.5 Å². The lowest BCUT2D eigenvalue weighted by atomic mass is 10.0. The maximum Gasteiger partial charge on any atom is 0.0667 e.